The van der Waals surface area contributed by atoms with E-state index in [4.69, 9.17) is 9.94 Å². The van der Waals surface area contributed by atoms with Crippen molar-refractivity contribution in [3.05, 3.63) is 90.4 Å². The van der Waals surface area contributed by atoms with Crippen LogP contribution in [0.1, 0.15) is 20.7 Å². The predicted molar refractivity (Wildman–Crippen MR) is 129 cm³/mol. The molecule has 4 aromatic rings. The summed E-state index contributed by atoms with van der Waals surface area (Å²) >= 11 is 1.52. The van der Waals surface area contributed by atoms with Crippen molar-refractivity contribution in [2.45, 2.75) is 0 Å². The van der Waals surface area contributed by atoms with Gasteiger partial charge in [0, 0.05) is 35.4 Å². The van der Waals surface area contributed by atoms with E-state index in [0.29, 0.717) is 23.4 Å². The molecule has 0 radical (unpaired) electrons. The smallest absolute Gasteiger partial charge is 0.274 e. The molecule has 9 nitrogen and oxygen atoms in total. The summed E-state index contributed by atoms with van der Waals surface area (Å²) in [7, 11) is 0. The molecular weight excluding hydrogens is 454 g/mol. The summed E-state index contributed by atoms with van der Waals surface area (Å²) in [6.07, 6.45) is 5.22. The number of hydrogen-bond donors (Lipinski definition) is 4. The second kappa shape index (κ2) is 11.0. The Morgan fingerprint density at radius 2 is 1.59 bits per heavy atom. The van der Waals surface area contributed by atoms with Gasteiger partial charge in [-0.2, -0.15) is 0 Å². The largest absolute Gasteiger partial charge is 0.492 e. The lowest BCUT2D eigenvalue weighted by Gasteiger charge is -2.08. The Morgan fingerprint density at radius 3 is 2.29 bits per heavy atom. The Hall–Kier alpha value is -4.28. The topological polar surface area (TPSA) is 125 Å². The second-order valence-electron chi connectivity index (χ2n) is 7.04. The fourth-order valence-electron chi connectivity index (χ4n) is 3.01. The lowest BCUT2D eigenvalue weighted by atomic mass is 10.1. The highest BCUT2D eigenvalue weighted by Crippen LogP contribution is 2.30. The predicted octanol–water partition coefficient (Wildman–Crippen LogP) is 3.88. The van der Waals surface area contributed by atoms with Crippen molar-refractivity contribution < 1.29 is 19.5 Å². The van der Waals surface area contributed by atoms with Gasteiger partial charge in [0.25, 0.3) is 11.8 Å². The normalized spacial score (nSPS) is 10.4. The lowest BCUT2D eigenvalue weighted by molar-refractivity contribution is 0.0706. The number of thiazole rings is 1. The van der Waals surface area contributed by atoms with Gasteiger partial charge in [0.05, 0.1) is 11.4 Å². The summed E-state index contributed by atoms with van der Waals surface area (Å²) in [5.74, 6) is -0.243. The molecule has 0 unspecified atom stereocenters. The minimum absolute atomic E-state index is 0.200. The molecule has 172 valence electrons. The number of rotatable bonds is 9. The highest BCUT2D eigenvalue weighted by Gasteiger charge is 2.09. The number of pyridine rings is 1. The van der Waals surface area contributed by atoms with Crippen molar-refractivity contribution in [3.8, 4) is 16.2 Å². The van der Waals surface area contributed by atoms with Crippen molar-refractivity contribution in [1.82, 2.24) is 20.8 Å². The van der Waals surface area contributed by atoms with Crippen LogP contribution in [0.3, 0.4) is 0 Å². The van der Waals surface area contributed by atoms with Crippen LogP contribution in [0.4, 0.5) is 10.8 Å². The van der Waals surface area contributed by atoms with Crippen molar-refractivity contribution in [3.63, 3.8) is 0 Å². The standard InChI is InChI=1S/C24H21N5O4S/c30-22(26-13-14-33-20-7-5-18(6-8-20)23(31)29-32)17-3-1-16(2-4-17)21-15-27-24(34-21)28-19-9-11-25-12-10-19/h1-12,15,32H,13-14H2,(H,26,30)(H,29,31)(H,25,27,28). The molecular formula is C24H21N5O4S. The van der Waals surface area contributed by atoms with Crippen LogP contribution in [0.5, 0.6) is 5.75 Å². The maximum Gasteiger partial charge on any atom is 0.274 e. The van der Waals surface area contributed by atoms with E-state index >= 15 is 0 Å². The summed E-state index contributed by atoms with van der Waals surface area (Å²) in [5.41, 5.74) is 4.31. The summed E-state index contributed by atoms with van der Waals surface area (Å²) in [6.45, 7) is 0.585. The maximum atomic E-state index is 12.4. The van der Waals surface area contributed by atoms with Gasteiger partial charge in [-0.05, 0) is 54.1 Å². The van der Waals surface area contributed by atoms with Gasteiger partial charge in [0.15, 0.2) is 5.13 Å². The average Bonchev–Trinajstić information content (AvgIpc) is 3.35. The van der Waals surface area contributed by atoms with Crippen LogP contribution in [-0.2, 0) is 0 Å². The Bertz CT molecular complexity index is 1240. The van der Waals surface area contributed by atoms with Gasteiger partial charge >= 0.3 is 0 Å². The number of hydroxylamine groups is 1. The minimum Gasteiger partial charge on any atom is -0.492 e. The summed E-state index contributed by atoms with van der Waals surface area (Å²) in [4.78, 5) is 33.1. The second-order valence-corrected chi connectivity index (χ2v) is 8.07. The number of carbonyl (C=O) groups excluding carboxylic acids is 2. The van der Waals surface area contributed by atoms with Gasteiger partial charge in [0.2, 0.25) is 0 Å². The first-order valence-corrected chi connectivity index (χ1v) is 11.1. The van der Waals surface area contributed by atoms with Gasteiger partial charge in [-0.15, -0.1) is 0 Å². The molecule has 0 aliphatic carbocycles. The number of amides is 2. The highest BCUT2D eigenvalue weighted by molar-refractivity contribution is 7.18. The van der Waals surface area contributed by atoms with Gasteiger partial charge in [-0.3, -0.25) is 19.8 Å². The Kier molecular flexibility index (Phi) is 7.43. The van der Waals surface area contributed by atoms with Gasteiger partial charge in [-0.25, -0.2) is 10.5 Å². The number of nitrogens with one attached hydrogen (secondary N) is 3. The van der Waals surface area contributed by atoms with Crippen molar-refractivity contribution in [2.75, 3.05) is 18.5 Å². The van der Waals surface area contributed by atoms with Crippen LogP contribution < -0.4 is 20.9 Å². The van der Waals surface area contributed by atoms with Crippen LogP contribution in [0.25, 0.3) is 10.4 Å². The molecule has 0 bridgehead atoms. The molecule has 2 aromatic heterocycles. The summed E-state index contributed by atoms with van der Waals surface area (Å²) in [5, 5.41) is 15.4. The molecule has 4 rings (SSSR count). The van der Waals surface area contributed by atoms with Crippen LogP contribution in [0, 0.1) is 0 Å². The summed E-state index contributed by atoms with van der Waals surface area (Å²) in [6, 6.07) is 17.3. The van der Waals surface area contributed by atoms with Gasteiger partial charge in [0.1, 0.15) is 12.4 Å². The molecule has 0 saturated carbocycles. The monoisotopic (exact) mass is 475 g/mol. The number of anilines is 2. The molecule has 34 heavy (non-hydrogen) atoms. The SMILES string of the molecule is O=C(NO)c1ccc(OCCNC(=O)c2ccc(-c3cnc(Nc4ccncc4)s3)cc2)cc1. The van der Waals surface area contributed by atoms with Crippen LogP contribution in [-0.4, -0.2) is 40.1 Å². The third kappa shape index (κ3) is 5.94. The molecule has 0 aliphatic rings. The van der Waals surface area contributed by atoms with Crippen molar-refractivity contribution in [1.29, 1.82) is 0 Å². The number of carbonyl (C=O) groups is 2. The Morgan fingerprint density at radius 1 is 0.912 bits per heavy atom. The zero-order valence-corrected chi connectivity index (χ0v) is 18.7. The number of benzene rings is 2. The van der Waals surface area contributed by atoms with E-state index in [1.165, 1.54) is 23.5 Å². The van der Waals surface area contributed by atoms with Gasteiger partial charge in [-0.1, -0.05) is 23.5 Å². The lowest BCUT2D eigenvalue weighted by Crippen LogP contribution is -2.28. The van der Waals surface area contributed by atoms with E-state index in [1.807, 2.05) is 24.3 Å². The fourth-order valence-corrected chi connectivity index (χ4v) is 3.85. The minimum atomic E-state index is -0.595. The first-order chi connectivity index (χ1) is 16.6. The zero-order chi connectivity index (χ0) is 23.8. The molecule has 0 spiro atoms. The molecule has 0 atom stereocenters. The zero-order valence-electron chi connectivity index (χ0n) is 17.9. The van der Waals surface area contributed by atoms with Crippen LogP contribution in [0.15, 0.2) is 79.3 Å². The van der Waals surface area contributed by atoms with E-state index < -0.39 is 5.91 Å². The molecule has 2 amide bonds. The maximum absolute atomic E-state index is 12.4. The van der Waals surface area contributed by atoms with Crippen molar-refractivity contribution >= 4 is 34.0 Å². The molecule has 4 N–H and O–H groups in total. The first kappa shape index (κ1) is 22.9. The average molecular weight is 476 g/mol. The molecule has 0 fully saturated rings. The van der Waals surface area contributed by atoms with Crippen molar-refractivity contribution in [2.24, 2.45) is 0 Å². The van der Waals surface area contributed by atoms with Crippen LogP contribution in [0.2, 0.25) is 0 Å². The molecule has 2 heterocycles. The number of nitrogens with zero attached hydrogens (tertiary/aromatic N) is 2. The molecule has 2 aromatic carbocycles. The molecule has 10 heteroatoms. The number of hydrogen-bond acceptors (Lipinski definition) is 8. The van der Waals surface area contributed by atoms with E-state index in [9.17, 15) is 9.59 Å². The summed E-state index contributed by atoms with van der Waals surface area (Å²) < 4.78 is 5.56. The number of ether oxygens (including phenoxy) is 1. The highest BCUT2D eigenvalue weighted by atomic mass is 32.1. The third-order valence-electron chi connectivity index (χ3n) is 4.74. The van der Waals surface area contributed by atoms with Gasteiger partial charge < -0.3 is 15.4 Å². The van der Waals surface area contributed by atoms with E-state index in [2.05, 4.69) is 20.6 Å². The van der Waals surface area contributed by atoms with E-state index in [0.717, 1.165) is 21.3 Å². The van der Waals surface area contributed by atoms with E-state index in [1.54, 1.807) is 48.3 Å². The molecule has 0 aliphatic heterocycles. The first-order valence-electron chi connectivity index (χ1n) is 10.3. The Labute approximate surface area is 199 Å². The van der Waals surface area contributed by atoms with E-state index in [-0.39, 0.29) is 12.5 Å². The van der Waals surface area contributed by atoms with Crippen LogP contribution >= 0.6 is 11.3 Å². The Balaban J connectivity index is 1.25. The molecule has 0 saturated heterocycles. The fraction of sp³-hybridized carbons (Fsp3) is 0.0833. The number of aromatic nitrogens is 2. The quantitative estimate of drug-likeness (QED) is 0.164. The third-order valence-corrected chi connectivity index (χ3v) is 5.71.